The van der Waals surface area contributed by atoms with Gasteiger partial charge in [0.25, 0.3) is 0 Å². The van der Waals surface area contributed by atoms with Gasteiger partial charge in [0, 0.05) is 6.54 Å². The van der Waals surface area contributed by atoms with Gasteiger partial charge in [0.05, 0.1) is 17.1 Å². The van der Waals surface area contributed by atoms with Crippen molar-refractivity contribution < 1.29 is 0 Å². The van der Waals surface area contributed by atoms with Gasteiger partial charge in [-0.1, -0.05) is 30.7 Å². The number of nitrogens with two attached hydrogens (primary N) is 1. The first-order valence-corrected chi connectivity index (χ1v) is 6.39. The van der Waals surface area contributed by atoms with E-state index in [-0.39, 0.29) is 0 Å². The molecule has 0 bridgehead atoms. The van der Waals surface area contributed by atoms with E-state index in [1.54, 1.807) is 0 Å². The van der Waals surface area contributed by atoms with E-state index >= 15 is 0 Å². The molecule has 0 radical (unpaired) electrons. The van der Waals surface area contributed by atoms with Crippen molar-refractivity contribution in [2.24, 2.45) is 5.73 Å². The van der Waals surface area contributed by atoms with E-state index in [4.69, 9.17) is 5.73 Å². The zero-order chi connectivity index (χ0) is 13.1. The predicted octanol–water partition coefficient (Wildman–Crippen LogP) is 2.30. The van der Waals surface area contributed by atoms with Gasteiger partial charge in [0.15, 0.2) is 0 Å². The highest BCUT2D eigenvalue weighted by Gasteiger charge is 2.14. The Bertz CT molecular complexity index is 543. The zero-order valence-corrected chi connectivity index (χ0v) is 11.3. The van der Waals surface area contributed by atoms with Gasteiger partial charge in [-0.25, -0.2) is 4.68 Å². The van der Waals surface area contributed by atoms with Gasteiger partial charge in [-0.15, -0.1) is 5.10 Å². The second-order valence-corrected chi connectivity index (χ2v) is 4.57. The quantitative estimate of drug-likeness (QED) is 0.897. The van der Waals surface area contributed by atoms with E-state index in [2.05, 4.69) is 49.3 Å². The second kappa shape index (κ2) is 5.31. The molecule has 2 aromatic rings. The Morgan fingerprint density at radius 3 is 2.72 bits per heavy atom. The molecule has 0 aliphatic heterocycles. The maximum absolute atomic E-state index is 5.72. The molecule has 96 valence electrons. The third-order valence-electron chi connectivity index (χ3n) is 3.33. The van der Waals surface area contributed by atoms with Crippen LogP contribution in [0.5, 0.6) is 0 Å². The summed E-state index contributed by atoms with van der Waals surface area (Å²) in [5.74, 6) is 0. The largest absolute Gasteiger partial charge is 0.325 e. The Balaban J connectivity index is 2.56. The fourth-order valence-corrected chi connectivity index (χ4v) is 2.14. The molecule has 1 aromatic carbocycles. The van der Waals surface area contributed by atoms with Gasteiger partial charge < -0.3 is 5.73 Å². The van der Waals surface area contributed by atoms with Crippen LogP contribution in [-0.4, -0.2) is 15.0 Å². The molecule has 1 heterocycles. The van der Waals surface area contributed by atoms with Crippen molar-refractivity contribution in [3.63, 3.8) is 0 Å². The lowest BCUT2D eigenvalue weighted by Gasteiger charge is -2.11. The normalized spacial score (nSPS) is 10.9. The van der Waals surface area contributed by atoms with E-state index in [0.717, 1.165) is 29.9 Å². The minimum Gasteiger partial charge on any atom is -0.325 e. The highest BCUT2D eigenvalue weighted by atomic mass is 15.4. The smallest absolute Gasteiger partial charge is 0.0999 e. The van der Waals surface area contributed by atoms with Gasteiger partial charge in [0.1, 0.15) is 0 Å². The summed E-state index contributed by atoms with van der Waals surface area (Å²) in [5.41, 5.74) is 11.4. The van der Waals surface area contributed by atoms with Crippen LogP contribution in [0.3, 0.4) is 0 Å². The Morgan fingerprint density at radius 1 is 1.28 bits per heavy atom. The molecule has 18 heavy (non-hydrogen) atoms. The maximum atomic E-state index is 5.72. The van der Waals surface area contributed by atoms with Gasteiger partial charge in [-0.3, -0.25) is 0 Å². The van der Waals surface area contributed by atoms with Crippen molar-refractivity contribution in [3.8, 4) is 5.69 Å². The van der Waals surface area contributed by atoms with Crippen LogP contribution in [0.2, 0.25) is 0 Å². The highest BCUT2D eigenvalue weighted by molar-refractivity contribution is 5.45. The monoisotopic (exact) mass is 244 g/mol. The van der Waals surface area contributed by atoms with Gasteiger partial charge >= 0.3 is 0 Å². The summed E-state index contributed by atoms with van der Waals surface area (Å²) in [5, 5.41) is 8.45. The Hall–Kier alpha value is -1.68. The predicted molar refractivity (Wildman–Crippen MR) is 72.7 cm³/mol. The molecule has 0 saturated heterocycles. The molecule has 0 unspecified atom stereocenters. The number of nitrogens with zero attached hydrogens (tertiary/aromatic N) is 3. The van der Waals surface area contributed by atoms with Crippen molar-refractivity contribution >= 4 is 0 Å². The highest BCUT2D eigenvalue weighted by Crippen LogP contribution is 2.20. The summed E-state index contributed by atoms with van der Waals surface area (Å²) < 4.78 is 1.94. The summed E-state index contributed by atoms with van der Waals surface area (Å²) in [4.78, 5) is 0. The molecule has 2 N–H and O–H groups in total. The SMILES string of the molecule is CCCc1c(CN)nnn1-c1cccc(C)c1C. The Morgan fingerprint density at radius 2 is 2.06 bits per heavy atom. The molecule has 0 atom stereocenters. The summed E-state index contributed by atoms with van der Waals surface area (Å²) in [6, 6.07) is 6.24. The van der Waals surface area contributed by atoms with Crippen LogP contribution in [0.25, 0.3) is 5.69 Å². The number of hydrogen-bond acceptors (Lipinski definition) is 3. The molecule has 0 aliphatic rings. The van der Waals surface area contributed by atoms with E-state index in [0.29, 0.717) is 6.54 Å². The van der Waals surface area contributed by atoms with Crippen molar-refractivity contribution in [2.45, 2.75) is 40.2 Å². The number of benzene rings is 1. The first-order valence-electron chi connectivity index (χ1n) is 6.39. The average molecular weight is 244 g/mol. The van der Waals surface area contributed by atoms with Gasteiger partial charge in [-0.05, 0) is 37.5 Å². The van der Waals surface area contributed by atoms with Crippen LogP contribution in [-0.2, 0) is 13.0 Å². The Labute approximate surface area is 108 Å². The van der Waals surface area contributed by atoms with Crippen LogP contribution >= 0.6 is 0 Å². The minimum atomic E-state index is 0.445. The van der Waals surface area contributed by atoms with Crippen LogP contribution < -0.4 is 5.73 Å². The minimum absolute atomic E-state index is 0.445. The lowest BCUT2D eigenvalue weighted by molar-refractivity contribution is 0.741. The first kappa shape index (κ1) is 12.8. The fourth-order valence-electron chi connectivity index (χ4n) is 2.14. The molecular weight excluding hydrogens is 224 g/mol. The van der Waals surface area contributed by atoms with E-state index in [1.165, 1.54) is 11.1 Å². The maximum Gasteiger partial charge on any atom is 0.0999 e. The molecule has 4 heteroatoms. The lowest BCUT2D eigenvalue weighted by atomic mass is 10.1. The molecule has 0 amide bonds. The summed E-state index contributed by atoms with van der Waals surface area (Å²) in [6.07, 6.45) is 2.01. The topological polar surface area (TPSA) is 56.7 Å². The fraction of sp³-hybridized carbons (Fsp3) is 0.429. The van der Waals surface area contributed by atoms with Crippen LogP contribution in [0, 0.1) is 13.8 Å². The summed E-state index contributed by atoms with van der Waals surface area (Å²) in [6.45, 7) is 6.82. The van der Waals surface area contributed by atoms with Crippen LogP contribution in [0.15, 0.2) is 18.2 Å². The summed E-state index contributed by atoms with van der Waals surface area (Å²) >= 11 is 0. The molecule has 0 aliphatic carbocycles. The number of aryl methyl sites for hydroxylation is 1. The summed E-state index contributed by atoms with van der Waals surface area (Å²) in [7, 11) is 0. The molecule has 1 aromatic heterocycles. The number of hydrogen-bond donors (Lipinski definition) is 1. The molecule has 0 spiro atoms. The first-order chi connectivity index (χ1) is 8.69. The third kappa shape index (κ3) is 2.16. The second-order valence-electron chi connectivity index (χ2n) is 4.57. The molecule has 0 saturated carbocycles. The standard InChI is InChI=1S/C14H20N4/c1-4-6-14-12(9-15)16-17-18(14)13-8-5-7-10(2)11(13)3/h5,7-8H,4,6,9,15H2,1-3H3. The number of rotatable bonds is 4. The van der Waals surface area contributed by atoms with Crippen LogP contribution in [0.4, 0.5) is 0 Å². The third-order valence-corrected chi connectivity index (χ3v) is 3.33. The van der Waals surface area contributed by atoms with Crippen molar-refractivity contribution in [1.82, 2.24) is 15.0 Å². The van der Waals surface area contributed by atoms with Gasteiger partial charge in [0.2, 0.25) is 0 Å². The van der Waals surface area contributed by atoms with E-state index in [9.17, 15) is 0 Å². The average Bonchev–Trinajstić information content (AvgIpc) is 2.76. The van der Waals surface area contributed by atoms with Gasteiger partial charge in [-0.2, -0.15) is 0 Å². The molecule has 0 fully saturated rings. The molecule has 2 rings (SSSR count). The molecule has 4 nitrogen and oxygen atoms in total. The van der Waals surface area contributed by atoms with Crippen LogP contribution in [0.1, 0.15) is 35.9 Å². The number of aromatic nitrogens is 3. The lowest BCUT2D eigenvalue weighted by Crippen LogP contribution is -2.07. The van der Waals surface area contributed by atoms with E-state index in [1.807, 2.05) is 4.68 Å². The molecular formula is C14H20N4. The zero-order valence-electron chi connectivity index (χ0n) is 11.3. The van der Waals surface area contributed by atoms with Crippen molar-refractivity contribution in [1.29, 1.82) is 0 Å². The van der Waals surface area contributed by atoms with E-state index < -0.39 is 0 Å². The van der Waals surface area contributed by atoms with Crippen molar-refractivity contribution in [2.75, 3.05) is 0 Å². The Kier molecular flexibility index (Phi) is 3.77. The van der Waals surface area contributed by atoms with Crippen molar-refractivity contribution in [3.05, 3.63) is 40.7 Å².